The van der Waals surface area contributed by atoms with Gasteiger partial charge in [-0.05, 0) is 29.7 Å². The first-order chi connectivity index (χ1) is 13.0. The van der Waals surface area contributed by atoms with Gasteiger partial charge in [-0.3, -0.25) is 4.79 Å². The Kier molecular flexibility index (Phi) is 4.70. The van der Waals surface area contributed by atoms with Crippen molar-refractivity contribution < 1.29 is 9.53 Å². The number of ether oxygens (including phenoxy) is 1. The van der Waals surface area contributed by atoms with E-state index in [4.69, 9.17) is 4.74 Å². The van der Waals surface area contributed by atoms with Crippen molar-refractivity contribution in [2.45, 2.75) is 26.1 Å². The van der Waals surface area contributed by atoms with Gasteiger partial charge in [0.05, 0.1) is 30.0 Å². The van der Waals surface area contributed by atoms with Crippen molar-refractivity contribution in [2.75, 3.05) is 13.1 Å². The van der Waals surface area contributed by atoms with Crippen LogP contribution in [0.15, 0.2) is 54.9 Å². The van der Waals surface area contributed by atoms with Crippen LogP contribution in [0.25, 0.3) is 11.0 Å². The van der Waals surface area contributed by atoms with Gasteiger partial charge in [-0.25, -0.2) is 4.98 Å². The van der Waals surface area contributed by atoms with Gasteiger partial charge in [-0.2, -0.15) is 0 Å². The molecular formula is C22H25N3O2. The molecule has 0 saturated carbocycles. The second-order valence-corrected chi connectivity index (χ2v) is 7.59. The summed E-state index contributed by atoms with van der Waals surface area (Å²) in [7, 11) is 1.95. The average Bonchev–Trinajstić information content (AvgIpc) is 3.08. The van der Waals surface area contributed by atoms with Crippen LogP contribution in [0.1, 0.15) is 35.9 Å². The molecule has 5 nitrogen and oxygen atoms in total. The van der Waals surface area contributed by atoms with Gasteiger partial charge in [0.2, 0.25) is 0 Å². The fourth-order valence-corrected chi connectivity index (χ4v) is 3.63. The number of hydrogen-bond acceptors (Lipinski definition) is 3. The lowest BCUT2D eigenvalue weighted by atomic mass is 10.0. The minimum atomic E-state index is -0.102. The highest BCUT2D eigenvalue weighted by Crippen LogP contribution is 2.29. The molecule has 1 aliphatic heterocycles. The number of hydrogen-bond donors (Lipinski definition) is 0. The Hall–Kier alpha value is -2.66. The SMILES string of the molecule is CC(C)[C@H]1CN(C(=O)c2ccc3c(c2)ncn3C)C[C@@H](c2ccccc2)O1. The number of amides is 1. The molecule has 1 saturated heterocycles. The highest BCUT2D eigenvalue weighted by Gasteiger charge is 2.33. The van der Waals surface area contributed by atoms with Crippen LogP contribution in [-0.4, -0.2) is 39.6 Å². The number of carbonyl (C=O) groups is 1. The van der Waals surface area contributed by atoms with Crippen LogP contribution in [0.5, 0.6) is 0 Å². The Bertz CT molecular complexity index is 949. The first-order valence-electron chi connectivity index (χ1n) is 9.43. The van der Waals surface area contributed by atoms with Gasteiger partial charge in [-0.1, -0.05) is 44.2 Å². The molecule has 0 aliphatic carbocycles. The molecule has 3 aromatic rings. The molecule has 2 aromatic carbocycles. The molecule has 5 heteroatoms. The van der Waals surface area contributed by atoms with E-state index < -0.39 is 0 Å². The van der Waals surface area contributed by atoms with Gasteiger partial charge in [0.15, 0.2) is 0 Å². The third kappa shape index (κ3) is 3.47. The molecule has 1 fully saturated rings. The molecule has 2 heterocycles. The summed E-state index contributed by atoms with van der Waals surface area (Å²) in [5.41, 5.74) is 3.66. The Morgan fingerprint density at radius 3 is 2.67 bits per heavy atom. The maximum atomic E-state index is 13.2. The maximum absolute atomic E-state index is 13.2. The van der Waals surface area contributed by atoms with E-state index in [1.54, 1.807) is 6.33 Å². The van der Waals surface area contributed by atoms with Gasteiger partial charge in [0, 0.05) is 19.2 Å². The maximum Gasteiger partial charge on any atom is 0.254 e. The van der Waals surface area contributed by atoms with Crippen molar-refractivity contribution in [3.63, 3.8) is 0 Å². The zero-order valence-electron chi connectivity index (χ0n) is 16.0. The predicted molar refractivity (Wildman–Crippen MR) is 106 cm³/mol. The van der Waals surface area contributed by atoms with Crippen LogP contribution in [0, 0.1) is 5.92 Å². The van der Waals surface area contributed by atoms with Crippen LogP contribution in [0.3, 0.4) is 0 Å². The molecule has 2 atom stereocenters. The van der Waals surface area contributed by atoms with Gasteiger partial charge in [0.1, 0.15) is 6.10 Å². The van der Waals surface area contributed by atoms with Gasteiger partial charge < -0.3 is 14.2 Å². The molecule has 0 N–H and O–H groups in total. The number of nitrogens with zero attached hydrogens (tertiary/aromatic N) is 3. The standard InChI is InChI=1S/C22H25N3O2/c1-15(2)20-12-25(13-21(27-20)16-7-5-4-6-8-16)22(26)17-9-10-19-18(11-17)23-14-24(19)3/h4-11,14-15,20-21H,12-13H2,1-3H3/t20-,21+/m1/s1. The monoisotopic (exact) mass is 363 g/mol. The third-order valence-electron chi connectivity index (χ3n) is 5.30. The van der Waals surface area contributed by atoms with E-state index in [1.807, 2.05) is 52.9 Å². The quantitative estimate of drug-likeness (QED) is 0.711. The number of fused-ring (bicyclic) bond motifs is 1. The lowest BCUT2D eigenvalue weighted by Crippen LogP contribution is -2.48. The predicted octanol–water partition coefficient (Wildman–Crippen LogP) is 3.81. The zero-order valence-corrected chi connectivity index (χ0v) is 16.0. The average molecular weight is 363 g/mol. The summed E-state index contributed by atoms with van der Waals surface area (Å²) in [6.07, 6.45) is 1.69. The third-order valence-corrected chi connectivity index (χ3v) is 5.30. The molecule has 0 radical (unpaired) electrons. The van der Waals surface area contributed by atoms with Gasteiger partial charge in [-0.15, -0.1) is 0 Å². The van der Waals surface area contributed by atoms with E-state index in [9.17, 15) is 4.79 Å². The van der Waals surface area contributed by atoms with Crippen LogP contribution < -0.4 is 0 Å². The number of rotatable bonds is 3. The Balaban J connectivity index is 1.62. The van der Waals surface area contributed by atoms with Gasteiger partial charge in [0.25, 0.3) is 5.91 Å². The van der Waals surface area contributed by atoms with Crippen molar-refractivity contribution in [1.29, 1.82) is 0 Å². The second-order valence-electron chi connectivity index (χ2n) is 7.59. The molecule has 0 spiro atoms. The molecule has 1 aromatic heterocycles. The number of carbonyl (C=O) groups excluding carboxylic acids is 1. The first-order valence-corrected chi connectivity index (χ1v) is 9.43. The molecule has 1 amide bonds. The molecule has 0 bridgehead atoms. The van der Waals surface area contributed by atoms with E-state index in [0.29, 0.717) is 24.6 Å². The fraction of sp³-hybridized carbons (Fsp3) is 0.364. The number of benzene rings is 2. The Morgan fingerprint density at radius 1 is 1.15 bits per heavy atom. The lowest BCUT2D eigenvalue weighted by Gasteiger charge is -2.40. The van der Waals surface area contributed by atoms with Gasteiger partial charge >= 0.3 is 0 Å². The van der Waals surface area contributed by atoms with Crippen molar-refractivity contribution in [3.8, 4) is 0 Å². The van der Waals surface area contributed by atoms with E-state index in [1.165, 1.54) is 0 Å². The summed E-state index contributed by atoms with van der Waals surface area (Å²) in [5.74, 6) is 0.377. The summed E-state index contributed by atoms with van der Waals surface area (Å²) in [6.45, 7) is 5.45. The van der Waals surface area contributed by atoms with Crippen LogP contribution in [-0.2, 0) is 11.8 Å². The minimum absolute atomic E-state index is 0.0199. The van der Waals surface area contributed by atoms with Crippen molar-refractivity contribution >= 4 is 16.9 Å². The van der Waals surface area contributed by atoms with Crippen molar-refractivity contribution in [3.05, 3.63) is 66.0 Å². The molecule has 140 valence electrons. The number of morpholine rings is 1. The summed E-state index contributed by atoms with van der Waals surface area (Å²) in [4.78, 5) is 19.5. The Morgan fingerprint density at radius 2 is 1.93 bits per heavy atom. The molecule has 27 heavy (non-hydrogen) atoms. The number of aromatic nitrogens is 2. The zero-order chi connectivity index (χ0) is 19.0. The molecule has 0 unspecified atom stereocenters. The van der Waals surface area contributed by atoms with E-state index in [0.717, 1.165) is 16.6 Å². The largest absolute Gasteiger partial charge is 0.366 e. The summed E-state index contributed by atoms with van der Waals surface area (Å²) >= 11 is 0. The summed E-state index contributed by atoms with van der Waals surface area (Å²) in [5, 5.41) is 0. The fourth-order valence-electron chi connectivity index (χ4n) is 3.63. The highest BCUT2D eigenvalue weighted by molar-refractivity contribution is 5.97. The van der Waals surface area contributed by atoms with E-state index >= 15 is 0 Å². The minimum Gasteiger partial charge on any atom is -0.366 e. The highest BCUT2D eigenvalue weighted by atomic mass is 16.5. The smallest absolute Gasteiger partial charge is 0.254 e. The van der Waals surface area contributed by atoms with Crippen molar-refractivity contribution in [2.24, 2.45) is 13.0 Å². The topological polar surface area (TPSA) is 47.4 Å². The lowest BCUT2D eigenvalue weighted by molar-refractivity contribution is -0.0954. The molecule has 1 aliphatic rings. The summed E-state index contributed by atoms with van der Waals surface area (Å²) in [6, 6.07) is 15.9. The molecule has 4 rings (SSSR count). The Labute approximate surface area is 159 Å². The first kappa shape index (κ1) is 17.7. The van der Waals surface area contributed by atoms with E-state index in [-0.39, 0.29) is 18.1 Å². The van der Waals surface area contributed by atoms with Crippen LogP contribution >= 0.6 is 0 Å². The van der Waals surface area contributed by atoms with Crippen molar-refractivity contribution in [1.82, 2.24) is 14.5 Å². The number of aryl methyl sites for hydroxylation is 1. The second kappa shape index (κ2) is 7.16. The van der Waals surface area contributed by atoms with E-state index in [2.05, 4.69) is 31.0 Å². The molecular weight excluding hydrogens is 338 g/mol. The normalized spacial score (nSPS) is 20.4. The summed E-state index contributed by atoms with van der Waals surface area (Å²) < 4.78 is 8.27. The number of imidazole rings is 1. The van der Waals surface area contributed by atoms with Crippen LogP contribution in [0.2, 0.25) is 0 Å². The van der Waals surface area contributed by atoms with Crippen LogP contribution in [0.4, 0.5) is 0 Å².